The van der Waals surface area contributed by atoms with Gasteiger partial charge in [0.15, 0.2) is 0 Å². The first-order chi connectivity index (χ1) is 8.58. The summed E-state index contributed by atoms with van der Waals surface area (Å²) in [4.78, 5) is 23.4. The van der Waals surface area contributed by atoms with E-state index in [9.17, 15) is 9.59 Å². The molecule has 1 atom stereocenters. The van der Waals surface area contributed by atoms with E-state index in [1.54, 1.807) is 24.3 Å². The first-order valence-electron chi connectivity index (χ1n) is 6.27. The van der Waals surface area contributed by atoms with E-state index < -0.39 is 0 Å². The van der Waals surface area contributed by atoms with Crippen molar-refractivity contribution in [3.05, 3.63) is 29.8 Å². The maximum atomic E-state index is 11.7. The van der Waals surface area contributed by atoms with Crippen molar-refractivity contribution in [3.63, 3.8) is 0 Å². The minimum absolute atomic E-state index is 0.0226. The smallest absolute Gasteiger partial charge is 0.251 e. The third kappa shape index (κ3) is 3.87. The third-order valence-electron chi connectivity index (χ3n) is 2.79. The lowest BCUT2D eigenvalue weighted by Crippen LogP contribution is -2.23. The van der Waals surface area contributed by atoms with Crippen molar-refractivity contribution in [2.45, 2.75) is 27.2 Å². The van der Waals surface area contributed by atoms with Gasteiger partial charge in [-0.25, -0.2) is 0 Å². The second kappa shape index (κ2) is 6.79. The van der Waals surface area contributed by atoms with E-state index in [2.05, 4.69) is 10.6 Å². The van der Waals surface area contributed by atoms with Gasteiger partial charge in [-0.15, -0.1) is 0 Å². The average Bonchev–Trinajstić information content (AvgIpc) is 2.38. The van der Waals surface area contributed by atoms with Crippen LogP contribution < -0.4 is 10.6 Å². The van der Waals surface area contributed by atoms with Crippen LogP contribution in [0.4, 0.5) is 5.69 Å². The van der Waals surface area contributed by atoms with E-state index in [-0.39, 0.29) is 17.7 Å². The number of rotatable bonds is 5. The first-order valence-corrected chi connectivity index (χ1v) is 6.27. The second-order valence-corrected chi connectivity index (χ2v) is 4.24. The zero-order valence-corrected chi connectivity index (χ0v) is 11.1. The summed E-state index contributed by atoms with van der Waals surface area (Å²) in [7, 11) is 0. The summed E-state index contributed by atoms with van der Waals surface area (Å²) < 4.78 is 0. The molecule has 2 amide bonds. The topological polar surface area (TPSA) is 58.2 Å². The summed E-state index contributed by atoms with van der Waals surface area (Å²) in [5.74, 6) is -0.180. The van der Waals surface area contributed by atoms with Gasteiger partial charge in [0.25, 0.3) is 5.91 Å². The number of carbonyl (C=O) groups excluding carboxylic acids is 2. The minimum atomic E-state index is -0.128. The fourth-order valence-electron chi connectivity index (χ4n) is 1.45. The highest BCUT2D eigenvalue weighted by Crippen LogP contribution is 2.13. The van der Waals surface area contributed by atoms with Gasteiger partial charge in [0, 0.05) is 23.7 Å². The fourth-order valence-corrected chi connectivity index (χ4v) is 1.45. The van der Waals surface area contributed by atoms with E-state index in [0.717, 1.165) is 6.42 Å². The Morgan fingerprint density at radius 3 is 2.61 bits per heavy atom. The summed E-state index contributed by atoms with van der Waals surface area (Å²) >= 11 is 0. The molecule has 4 nitrogen and oxygen atoms in total. The van der Waals surface area contributed by atoms with Crippen LogP contribution in [0, 0.1) is 5.92 Å². The number of amides is 2. The van der Waals surface area contributed by atoms with Gasteiger partial charge in [-0.3, -0.25) is 9.59 Å². The molecule has 0 radical (unpaired) electrons. The van der Waals surface area contributed by atoms with Gasteiger partial charge in [-0.2, -0.15) is 0 Å². The van der Waals surface area contributed by atoms with Crippen molar-refractivity contribution < 1.29 is 9.59 Å². The molecule has 1 unspecified atom stereocenters. The van der Waals surface area contributed by atoms with Crippen LogP contribution in [0.3, 0.4) is 0 Å². The van der Waals surface area contributed by atoms with E-state index >= 15 is 0 Å². The van der Waals surface area contributed by atoms with Gasteiger partial charge in [0.2, 0.25) is 5.91 Å². The SMILES string of the molecule is CCNC(=O)c1cccc(NC(=O)C(C)CC)c1. The van der Waals surface area contributed by atoms with Crippen LogP contribution in [0.1, 0.15) is 37.6 Å². The summed E-state index contributed by atoms with van der Waals surface area (Å²) in [6.45, 7) is 6.30. The molecular weight excluding hydrogens is 228 g/mol. The first kappa shape index (κ1) is 14.2. The van der Waals surface area contributed by atoms with Gasteiger partial charge in [-0.1, -0.05) is 19.9 Å². The van der Waals surface area contributed by atoms with Crippen LogP contribution in [-0.2, 0) is 4.79 Å². The van der Waals surface area contributed by atoms with Gasteiger partial charge >= 0.3 is 0 Å². The molecule has 18 heavy (non-hydrogen) atoms. The molecule has 4 heteroatoms. The molecule has 0 saturated carbocycles. The number of hydrogen-bond acceptors (Lipinski definition) is 2. The molecule has 1 aromatic carbocycles. The zero-order chi connectivity index (χ0) is 13.5. The average molecular weight is 248 g/mol. The molecule has 0 aliphatic carbocycles. The van der Waals surface area contributed by atoms with Gasteiger partial charge < -0.3 is 10.6 Å². The lowest BCUT2D eigenvalue weighted by molar-refractivity contribution is -0.119. The molecule has 0 aliphatic heterocycles. The Morgan fingerprint density at radius 2 is 2.00 bits per heavy atom. The van der Waals surface area contributed by atoms with E-state index in [4.69, 9.17) is 0 Å². The highest BCUT2D eigenvalue weighted by atomic mass is 16.2. The summed E-state index contributed by atoms with van der Waals surface area (Å²) in [5.41, 5.74) is 1.21. The van der Waals surface area contributed by atoms with E-state index in [1.165, 1.54) is 0 Å². The predicted octanol–water partition coefficient (Wildman–Crippen LogP) is 2.42. The lowest BCUT2D eigenvalue weighted by atomic mass is 10.1. The number of nitrogens with one attached hydrogen (secondary N) is 2. The Balaban J connectivity index is 2.76. The molecule has 0 fully saturated rings. The number of benzene rings is 1. The molecule has 0 saturated heterocycles. The summed E-state index contributed by atoms with van der Waals surface area (Å²) in [6.07, 6.45) is 0.793. The Kier molecular flexibility index (Phi) is 5.36. The molecule has 1 rings (SSSR count). The molecule has 0 aliphatic rings. The Hall–Kier alpha value is -1.84. The van der Waals surface area contributed by atoms with Crippen LogP contribution in [0.25, 0.3) is 0 Å². The third-order valence-corrected chi connectivity index (χ3v) is 2.79. The monoisotopic (exact) mass is 248 g/mol. The van der Waals surface area contributed by atoms with Crippen molar-refractivity contribution in [1.29, 1.82) is 0 Å². The standard InChI is InChI=1S/C14H20N2O2/c1-4-10(3)13(17)16-12-8-6-7-11(9-12)14(18)15-5-2/h6-10H,4-5H2,1-3H3,(H,15,18)(H,16,17). The fraction of sp³-hybridized carbons (Fsp3) is 0.429. The van der Waals surface area contributed by atoms with Crippen LogP contribution >= 0.6 is 0 Å². The molecule has 2 N–H and O–H groups in total. The zero-order valence-electron chi connectivity index (χ0n) is 11.1. The van der Waals surface area contributed by atoms with Crippen LogP contribution in [-0.4, -0.2) is 18.4 Å². The quantitative estimate of drug-likeness (QED) is 0.840. The van der Waals surface area contributed by atoms with Crippen molar-refractivity contribution in [2.24, 2.45) is 5.92 Å². The predicted molar refractivity (Wildman–Crippen MR) is 72.5 cm³/mol. The maximum Gasteiger partial charge on any atom is 0.251 e. The summed E-state index contributed by atoms with van der Waals surface area (Å²) in [6, 6.07) is 6.95. The molecular formula is C14H20N2O2. The Bertz CT molecular complexity index is 430. The molecule has 0 bridgehead atoms. The minimum Gasteiger partial charge on any atom is -0.352 e. The van der Waals surface area contributed by atoms with E-state index in [1.807, 2.05) is 20.8 Å². The molecule has 0 aromatic heterocycles. The van der Waals surface area contributed by atoms with Crippen molar-refractivity contribution >= 4 is 17.5 Å². The van der Waals surface area contributed by atoms with Crippen LogP contribution in [0.2, 0.25) is 0 Å². The maximum absolute atomic E-state index is 11.7. The molecule has 0 spiro atoms. The van der Waals surface area contributed by atoms with Gasteiger partial charge in [0.1, 0.15) is 0 Å². The highest BCUT2D eigenvalue weighted by molar-refractivity contribution is 5.97. The normalized spacial score (nSPS) is 11.7. The van der Waals surface area contributed by atoms with Gasteiger partial charge in [0.05, 0.1) is 0 Å². The Labute approximate surface area is 108 Å². The molecule has 0 heterocycles. The van der Waals surface area contributed by atoms with Crippen LogP contribution in [0.15, 0.2) is 24.3 Å². The van der Waals surface area contributed by atoms with Crippen molar-refractivity contribution in [2.75, 3.05) is 11.9 Å². The lowest BCUT2D eigenvalue weighted by Gasteiger charge is -2.11. The largest absolute Gasteiger partial charge is 0.352 e. The van der Waals surface area contributed by atoms with Crippen molar-refractivity contribution in [3.8, 4) is 0 Å². The number of carbonyl (C=O) groups is 2. The molecule has 1 aromatic rings. The van der Waals surface area contributed by atoms with E-state index in [0.29, 0.717) is 17.8 Å². The summed E-state index contributed by atoms with van der Waals surface area (Å²) in [5, 5.41) is 5.54. The molecule has 98 valence electrons. The van der Waals surface area contributed by atoms with Crippen molar-refractivity contribution in [1.82, 2.24) is 5.32 Å². The van der Waals surface area contributed by atoms with Gasteiger partial charge in [-0.05, 0) is 31.5 Å². The van der Waals surface area contributed by atoms with Crippen LogP contribution in [0.5, 0.6) is 0 Å². The Morgan fingerprint density at radius 1 is 1.28 bits per heavy atom. The highest BCUT2D eigenvalue weighted by Gasteiger charge is 2.11. The number of hydrogen-bond donors (Lipinski definition) is 2. The second-order valence-electron chi connectivity index (χ2n) is 4.24. The number of anilines is 1.